The van der Waals surface area contributed by atoms with Crippen molar-refractivity contribution in [1.29, 1.82) is 0 Å². The van der Waals surface area contributed by atoms with Crippen LogP contribution in [0, 0.1) is 12.8 Å². The SMILES string of the molecule is Cc1nc(S(=O)(=O)N2CCC[C@H](NC(=O)CCC(C)C(N)=O)C(=O)C2)n[nH]1. The minimum absolute atomic E-state index is 0.0619. The van der Waals surface area contributed by atoms with Crippen molar-refractivity contribution in [3.63, 3.8) is 0 Å². The molecule has 0 bridgehead atoms. The summed E-state index contributed by atoms with van der Waals surface area (Å²) in [6, 6.07) is -0.768. The minimum Gasteiger partial charge on any atom is -0.369 e. The van der Waals surface area contributed by atoms with Gasteiger partial charge >= 0.3 is 0 Å². The maximum atomic E-state index is 12.6. The molecule has 2 heterocycles. The van der Waals surface area contributed by atoms with Crippen LogP contribution in [0.4, 0.5) is 0 Å². The number of hydrogen-bond acceptors (Lipinski definition) is 7. The zero-order valence-electron chi connectivity index (χ0n) is 15.3. The van der Waals surface area contributed by atoms with Gasteiger partial charge in [-0.25, -0.2) is 13.4 Å². The van der Waals surface area contributed by atoms with Gasteiger partial charge in [0.25, 0.3) is 15.2 Å². The van der Waals surface area contributed by atoms with Gasteiger partial charge in [-0.2, -0.15) is 4.31 Å². The summed E-state index contributed by atoms with van der Waals surface area (Å²) < 4.78 is 26.2. The maximum absolute atomic E-state index is 12.6. The van der Waals surface area contributed by atoms with E-state index in [1.807, 2.05) is 0 Å². The number of aryl methyl sites for hydroxylation is 1. The number of aromatic nitrogens is 3. The molecule has 0 aliphatic carbocycles. The first-order valence-corrected chi connectivity index (χ1v) is 10.1. The summed E-state index contributed by atoms with van der Waals surface area (Å²) >= 11 is 0. The van der Waals surface area contributed by atoms with E-state index in [4.69, 9.17) is 5.73 Å². The van der Waals surface area contributed by atoms with Gasteiger partial charge < -0.3 is 11.1 Å². The van der Waals surface area contributed by atoms with Crippen molar-refractivity contribution in [2.75, 3.05) is 13.1 Å². The molecule has 1 saturated heterocycles. The Hall–Kier alpha value is -2.34. The number of rotatable bonds is 7. The highest BCUT2D eigenvalue weighted by molar-refractivity contribution is 7.89. The van der Waals surface area contributed by atoms with Crippen LogP contribution in [0.25, 0.3) is 0 Å². The number of H-pyrrole nitrogens is 1. The van der Waals surface area contributed by atoms with Gasteiger partial charge in [-0.1, -0.05) is 6.92 Å². The van der Waals surface area contributed by atoms with Crippen molar-refractivity contribution >= 4 is 27.6 Å². The third kappa shape index (κ3) is 5.32. The van der Waals surface area contributed by atoms with Crippen LogP contribution in [-0.2, 0) is 24.4 Å². The number of nitrogens with two attached hydrogens (primary N) is 1. The third-order valence-electron chi connectivity index (χ3n) is 4.39. The lowest BCUT2D eigenvalue weighted by atomic mass is 10.0. The molecule has 2 amide bonds. The summed E-state index contributed by atoms with van der Waals surface area (Å²) in [5.74, 6) is -1.35. The highest BCUT2D eigenvalue weighted by Gasteiger charge is 2.35. The predicted molar refractivity (Wildman–Crippen MR) is 93.6 cm³/mol. The molecule has 1 aliphatic rings. The van der Waals surface area contributed by atoms with E-state index in [2.05, 4.69) is 20.5 Å². The van der Waals surface area contributed by atoms with Crippen LogP contribution in [-0.4, -0.2) is 64.6 Å². The molecule has 0 spiro atoms. The van der Waals surface area contributed by atoms with Gasteiger partial charge in [-0.15, -0.1) is 5.10 Å². The largest absolute Gasteiger partial charge is 0.369 e. The lowest BCUT2D eigenvalue weighted by Crippen LogP contribution is -2.44. The summed E-state index contributed by atoms with van der Waals surface area (Å²) in [5, 5.41) is 8.36. The summed E-state index contributed by atoms with van der Waals surface area (Å²) in [6.07, 6.45) is 1.07. The van der Waals surface area contributed by atoms with Gasteiger partial charge in [0.2, 0.25) is 11.8 Å². The average Bonchev–Trinajstić information content (AvgIpc) is 2.95. The van der Waals surface area contributed by atoms with Gasteiger partial charge in [-0.3, -0.25) is 19.5 Å². The van der Waals surface area contributed by atoms with Crippen molar-refractivity contribution in [3.8, 4) is 0 Å². The number of carbonyl (C=O) groups excluding carboxylic acids is 3. The molecule has 11 nitrogen and oxygen atoms in total. The number of hydrogen-bond donors (Lipinski definition) is 3. The second-order valence-corrected chi connectivity index (χ2v) is 8.44. The molecular weight excluding hydrogens is 376 g/mol. The van der Waals surface area contributed by atoms with E-state index in [0.717, 1.165) is 4.31 Å². The monoisotopic (exact) mass is 400 g/mol. The molecule has 27 heavy (non-hydrogen) atoms. The Morgan fingerprint density at radius 2 is 2.15 bits per heavy atom. The highest BCUT2D eigenvalue weighted by atomic mass is 32.2. The zero-order chi connectivity index (χ0) is 20.2. The number of sulfonamides is 1. The van der Waals surface area contributed by atoms with Gasteiger partial charge in [0.15, 0.2) is 5.78 Å². The fraction of sp³-hybridized carbons (Fsp3) is 0.667. The standard InChI is InChI=1S/C15H24N6O5S/c1-9(14(16)24)5-6-13(23)18-11-4-3-7-21(8-12(11)22)27(25,26)15-17-10(2)19-20-15/h9,11H,3-8H2,1-2H3,(H2,16,24)(H,18,23)(H,17,19,20)/t9?,11-/m0/s1. The van der Waals surface area contributed by atoms with Crippen molar-refractivity contribution in [3.05, 3.63) is 5.82 Å². The molecule has 1 aromatic heterocycles. The average molecular weight is 400 g/mol. The van der Waals surface area contributed by atoms with Crippen molar-refractivity contribution < 1.29 is 22.8 Å². The number of nitrogens with one attached hydrogen (secondary N) is 2. The third-order valence-corrected chi connectivity index (χ3v) is 6.03. The molecule has 150 valence electrons. The van der Waals surface area contributed by atoms with Crippen LogP contribution in [0.2, 0.25) is 0 Å². The Kier molecular flexibility index (Phi) is 6.65. The number of ketones is 1. The number of nitrogens with zero attached hydrogens (tertiary/aromatic N) is 3. The molecule has 1 fully saturated rings. The van der Waals surface area contributed by atoms with Crippen molar-refractivity contribution in [2.24, 2.45) is 11.7 Å². The van der Waals surface area contributed by atoms with E-state index in [1.54, 1.807) is 13.8 Å². The first-order chi connectivity index (χ1) is 12.6. The molecule has 0 saturated carbocycles. The molecule has 1 unspecified atom stereocenters. The quantitative estimate of drug-likeness (QED) is 0.519. The molecule has 12 heteroatoms. The summed E-state index contributed by atoms with van der Waals surface area (Å²) in [7, 11) is -3.99. The van der Waals surface area contributed by atoms with Gasteiger partial charge in [0, 0.05) is 18.9 Å². The highest BCUT2D eigenvalue weighted by Crippen LogP contribution is 2.17. The second kappa shape index (κ2) is 8.57. The van der Waals surface area contributed by atoms with Crippen molar-refractivity contribution in [1.82, 2.24) is 24.8 Å². The molecule has 2 rings (SSSR count). The topological polar surface area (TPSA) is 168 Å². The van der Waals surface area contributed by atoms with E-state index in [9.17, 15) is 22.8 Å². The lowest BCUT2D eigenvalue weighted by molar-refractivity contribution is -0.128. The Morgan fingerprint density at radius 1 is 1.44 bits per heavy atom. The first-order valence-electron chi connectivity index (χ1n) is 8.61. The lowest BCUT2D eigenvalue weighted by Gasteiger charge is -2.18. The zero-order valence-corrected chi connectivity index (χ0v) is 16.1. The molecule has 4 N–H and O–H groups in total. The summed E-state index contributed by atoms with van der Waals surface area (Å²) in [6.45, 7) is 2.97. The molecule has 0 aromatic carbocycles. The van der Waals surface area contributed by atoms with Crippen LogP contribution in [0.3, 0.4) is 0 Å². The van der Waals surface area contributed by atoms with E-state index in [-0.39, 0.29) is 37.0 Å². The van der Waals surface area contributed by atoms with E-state index >= 15 is 0 Å². The van der Waals surface area contributed by atoms with Crippen LogP contribution in [0.15, 0.2) is 5.16 Å². The molecule has 0 radical (unpaired) electrons. The van der Waals surface area contributed by atoms with Crippen LogP contribution >= 0.6 is 0 Å². The van der Waals surface area contributed by atoms with E-state index in [0.29, 0.717) is 18.7 Å². The second-order valence-electron chi connectivity index (χ2n) is 6.61. The number of carbonyl (C=O) groups is 3. The predicted octanol–water partition coefficient (Wildman–Crippen LogP) is -1.15. The van der Waals surface area contributed by atoms with Crippen LogP contribution < -0.4 is 11.1 Å². The molecule has 2 atom stereocenters. The minimum atomic E-state index is -3.99. The molecular formula is C15H24N6O5S. The van der Waals surface area contributed by atoms with Gasteiger partial charge in [0.05, 0.1) is 12.6 Å². The van der Waals surface area contributed by atoms with Gasteiger partial charge in [-0.05, 0) is 26.2 Å². The van der Waals surface area contributed by atoms with Gasteiger partial charge in [0.1, 0.15) is 5.82 Å². The van der Waals surface area contributed by atoms with E-state index in [1.165, 1.54) is 0 Å². The first kappa shape index (κ1) is 21.0. The summed E-state index contributed by atoms with van der Waals surface area (Å²) in [4.78, 5) is 39.3. The Bertz CT molecular complexity index is 820. The smallest absolute Gasteiger partial charge is 0.282 e. The fourth-order valence-electron chi connectivity index (χ4n) is 2.66. The number of amides is 2. The normalized spacial score (nSPS) is 20.1. The van der Waals surface area contributed by atoms with Crippen molar-refractivity contribution in [2.45, 2.75) is 50.7 Å². The Labute approximate surface area is 157 Å². The molecule has 1 aromatic rings. The Balaban J connectivity index is 1.97. The number of aromatic amines is 1. The number of Topliss-reactive ketones (excluding diaryl/α,β-unsaturated/α-hetero) is 1. The maximum Gasteiger partial charge on any atom is 0.282 e. The van der Waals surface area contributed by atoms with E-state index < -0.39 is 33.7 Å². The molecule has 1 aliphatic heterocycles. The summed E-state index contributed by atoms with van der Waals surface area (Å²) in [5.41, 5.74) is 5.16. The Morgan fingerprint density at radius 3 is 2.74 bits per heavy atom. The fourth-order valence-corrected chi connectivity index (χ4v) is 3.97. The van der Waals surface area contributed by atoms with Crippen LogP contribution in [0.5, 0.6) is 0 Å². The number of primary amides is 1. The van der Waals surface area contributed by atoms with Crippen LogP contribution in [0.1, 0.15) is 38.4 Å².